The van der Waals surface area contributed by atoms with Gasteiger partial charge in [-0.1, -0.05) is 32.9 Å². The van der Waals surface area contributed by atoms with E-state index in [-0.39, 0.29) is 23.8 Å². The minimum Gasteiger partial charge on any atom is -0.349 e. The van der Waals surface area contributed by atoms with E-state index >= 15 is 0 Å². The molecule has 0 spiro atoms. The smallest absolute Gasteiger partial charge is 0.349 e. The molecule has 0 aliphatic carbocycles. The molecule has 0 bridgehead atoms. The number of alkyl halides is 3. The van der Waals surface area contributed by atoms with Gasteiger partial charge in [0, 0.05) is 38.3 Å². The van der Waals surface area contributed by atoms with Crippen molar-refractivity contribution in [3.63, 3.8) is 0 Å². The summed E-state index contributed by atoms with van der Waals surface area (Å²) >= 11 is 1.49. The Morgan fingerprint density at radius 2 is 1.71 bits per heavy atom. The normalized spacial score (nSPS) is 20.5. The Kier molecular flexibility index (Phi) is 7.24. The molecule has 1 saturated heterocycles. The lowest BCUT2D eigenvalue weighted by Crippen LogP contribution is -2.59. The van der Waals surface area contributed by atoms with Crippen molar-refractivity contribution in [3.8, 4) is 0 Å². The van der Waals surface area contributed by atoms with E-state index in [0.717, 1.165) is 46.7 Å². The molecule has 3 atom stereocenters. The second-order valence-corrected chi connectivity index (χ2v) is 10.4. The molecule has 4 rings (SSSR count). The second kappa shape index (κ2) is 9.89. The molecule has 0 saturated carbocycles. The molecule has 190 valence electrons. The van der Waals surface area contributed by atoms with Crippen LogP contribution in [0.25, 0.3) is 10.3 Å². The number of piperazine rings is 1. The number of halogens is 3. The third-order valence-electron chi connectivity index (χ3n) is 7.08. The fourth-order valence-electron chi connectivity index (χ4n) is 5.18. The van der Waals surface area contributed by atoms with Crippen molar-refractivity contribution in [2.45, 2.75) is 71.3 Å². The third kappa shape index (κ3) is 4.82. The summed E-state index contributed by atoms with van der Waals surface area (Å²) in [7, 11) is 1.72. The highest BCUT2D eigenvalue weighted by Gasteiger charge is 2.38. The van der Waals surface area contributed by atoms with Crippen molar-refractivity contribution in [1.82, 2.24) is 19.4 Å². The first-order valence-corrected chi connectivity index (χ1v) is 12.9. The van der Waals surface area contributed by atoms with E-state index in [1.54, 1.807) is 23.7 Å². The number of benzene rings is 1. The van der Waals surface area contributed by atoms with Gasteiger partial charge in [-0.2, -0.15) is 18.2 Å². The number of aromatic nitrogens is 3. The van der Waals surface area contributed by atoms with Crippen LogP contribution in [-0.2, 0) is 13.2 Å². The highest BCUT2D eigenvalue weighted by Crippen LogP contribution is 2.37. The Morgan fingerprint density at radius 1 is 1.06 bits per heavy atom. The Morgan fingerprint density at radius 3 is 2.29 bits per heavy atom. The Hall–Kier alpha value is -2.46. The van der Waals surface area contributed by atoms with Gasteiger partial charge < -0.3 is 4.90 Å². The lowest BCUT2D eigenvalue weighted by atomic mass is 9.94. The summed E-state index contributed by atoms with van der Waals surface area (Å²) < 4.78 is 40.8. The zero-order chi connectivity index (χ0) is 25.5. The number of hydrogen-bond acceptors (Lipinski definition) is 6. The van der Waals surface area contributed by atoms with Crippen molar-refractivity contribution in [1.29, 1.82) is 0 Å². The van der Waals surface area contributed by atoms with E-state index in [9.17, 15) is 18.0 Å². The van der Waals surface area contributed by atoms with Crippen LogP contribution in [0.2, 0.25) is 0 Å². The van der Waals surface area contributed by atoms with Crippen LogP contribution < -0.4 is 10.6 Å². The molecule has 10 heteroatoms. The maximum absolute atomic E-state index is 13.1. The highest BCUT2D eigenvalue weighted by atomic mass is 32.1. The van der Waals surface area contributed by atoms with Crippen molar-refractivity contribution in [3.05, 3.63) is 50.9 Å². The molecule has 1 aliphatic rings. The number of thiazole rings is 1. The molecule has 3 aromatic rings. The summed E-state index contributed by atoms with van der Waals surface area (Å²) in [6, 6.07) is 5.85. The fraction of sp³-hybridized carbons (Fsp3) is 0.560. The lowest BCUT2D eigenvalue weighted by Gasteiger charge is -2.49. The molecule has 0 amide bonds. The standard InChI is InChI=1S/C25H32F3N5OS/c1-6-18-14-33(22-21-23(35-15(4)29-21)31(5)24(34)30-22)19(7-2)13-32(18)20(8-3)16-9-11-17(12-10-16)25(26,27)28/h9-12,18-20H,6-8,13-14H2,1-5H3/t18-,19+,20-/m1/s1. The van der Waals surface area contributed by atoms with Gasteiger partial charge in [0.1, 0.15) is 10.3 Å². The average molecular weight is 508 g/mol. The third-order valence-corrected chi connectivity index (χ3v) is 8.13. The van der Waals surface area contributed by atoms with Gasteiger partial charge >= 0.3 is 11.9 Å². The maximum Gasteiger partial charge on any atom is 0.416 e. The first kappa shape index (κ1) is 25.6. The predicted octanol–water partition coefficient (Wildman–Crippen LogP) is 5.55. The molecule has 1 aliphatic heterocycles. The van der Waals surface area contributed by atoms with E-state index < -0.39 is 11.7 Å². The fourth-order valence-corrected chi connectivity index (χ4v) is 6.04. The summed E-state index contributed by atoms with van der Waals surface area (Å²) in [4.78, 5) is 27.3. The van der Waals surface area contributed by atoms with Gasteiger partial charge in [0.2, 0.25) is 0 Å². The SMILES string of the molecule is CC[C@H]1CN([C@H](CC)c2ccc(C(F)(F)F)cc2)[C@H](CC)CN1c1nc(=O)n(C)c2sc(C)nc12. The van der Waals surface area contributed by atoms with E-state index in [1.807, 2.05) is 6.92 Å². The van der Waals surface area contributed by atoms with Crippen molar-refractivity contribution >= 4 is 27.5 Å². The molecule has 2 aromatic heterocycles. The Balaban J connectivity index is 1.69. The van der Waals surface area contributed by atoms with Gasteiger partial charge in [-0.3, -0.25) is 9.47 Å². The minimum absolute atomic E-state index is 0.0107. The summed E-state index contributed by atoms with van der Waals surface area (Å²) in [5.41, 5.74) is 0.731. The largest absolute Gasteiger partial charge is 0.416 e. The van der Waals surface area contributed by atoms with Gasteiger partial charge in [0.25, 0.3) is 0 Å². The summed E-state index contributed by atoms with van der Waals surface area (Å²) in [5, 5.41) is 0.885. The first-order chi connectivity index (χ1) is 16.6. The van der Waals surface area contributed by atoms with E-state index in [0.29, 0.717) is 12.4 Å². The van der Waals surface area contributed by atoms with Crippen molar-refractivity contribution in [2.24, 2.45) is 7.05 Å². The summed E-state index contributed by atoms with van der Waals surface area (Å²) in [6.07, 6.45) is -1.84. The molecule has 0 unspecified atom stereocenters. The second-order valence-electron chi connectivity index (χ2n) is 9.18. The molecular weight excluding hydrogens is 475 g/mol. The topological polar surface area (TPSA) is 54.3 Å². The average Bonchev–Trinajstić information content (AvgIpc) is 3.23. The summed E-state index contributed by atoms with van der Waals surface area (Å²) in [5.74, 6) is 0.639. The number of aryl methyl sites for hydroxylation is 2. The minimum atomic E-state index is -4.34. The monoisotopic (exact) mass is 507 g/mol. The predicted molar refractivity (Wildman–Crippen MR) is 134 cm³/mol. The van der Waals surface area contributed by atoms with Crippen LogP contribution in [0.3, 0.4) is 0 Å². The van der Waals surface area contributed by atoms with Crippen LogP contribution in [0.15, 0.2) is 29.1 Å². The van der Waals surface area contributed by atoms with Gasteiger partial charge in [-0.05, 0) is 43.9 Å². The van der Waals surface area contributed by atoms with E-state index in [2.05, 4.69) is 35.6 Å². The van der Waals surface area contributed by atoms with Crippen LogP contribution in [0.4, 0.5) is 19.0 Å². The van der Waals surface area contributed by atoms with Gasteiger partial charge in [0.05, 0.1) is 10.6 Å². The molecular formula is C25H32F3N5OS. The highest BCUT2D eigenvalue weighted by molar-refractivity contribution is 7.18. The number of nitrogens with zero attached hydrogens (tertiary/aromatic N) is 5. The Labute approximate surface area is 207 Å². The van der Waals surface area contributed by atoms with Crippen LogP contribution in [0, 0.1) is 6.92 Å². The van der Waals surface area contributed by atoms with E-state index in [1.165, 1.54) is 23.5 Å². The Bertz CT molecular complexity index is 1240. The molecule has 3 heterocycles. The van der Waals surface area contributed by atoms with Crippen molar-refractivity contribution < 1.29 is 13.2 Å². The number of fused-ring (bicyclic) bond motifs is 1. The zero-order valence-corrected chi connectivity index (χ0v) is 21.6. The molecule has 0 radical (unpaired) electrons. The van der Waals surface area contributed by atoms with Crippen LogP contribution in [0.5, 0.6) is 0 Å². The van der Waals surface area contributed by atoms with E-state index in [4.69, 9.17) is 4.98 Å². The number of rotatable bonds is 6. The molecule has 0 N–H and O–H groups in total. The molecule has 1 fully saturated rings. The molecule has 35 heavy (non-hydrogen) atoms. The molecule has 1 aromatic carbocycles. The van der Waals surface area contributed by atoms with Gasteiger partial charge in [-0.25, -0.2) is 9.78 Å². The number of anilines is 1. The van der Waals surface area contributed by atoms with Crippen LogP contribution in [0.1, 0.15) is 62.2 Å². The molecule has 6 nitrogen and oxygen atoms in total. The maximum atomic E-state index is 13.1. The first-order valence-electron chi connectivity index (χ1n) is 12.1. The van der Waals surface area contributed by atoms with Crippen LogP contribution in [-0.4, -0.2) is 44.6 Å². The van der Waals surface area contributed by atoms with Crippen LogP contribution >= 0.6 is 11.3 Å². The quantitative estimate of drug-likeness (QED) is 0.438. The lowest BCUT2D eigenvalue weighted by molar-refractivity contribution is -0.137. The van der Waals surface area contributed by atoms with Crippen molar-refractivity contribution in [2.75, 3.05) is 18.0 Å². The zero-order valence-electron chi connectivity index (χ0n) is 20.8. The number of hydrogen-bond donors (Lipinski definition) is 0. The van der Waals surface area contributed by atoms with Gasteiger partial charge in [0.15, 0.2) is 5.82 Å². The summed E-state index contributed by atoms with van der Waals surface area (Å²) in [6.45, 7) is 9.66. The van der Waals surface area contributed by atoms with Gasteiger partial charge in [-0.15, -0.1) is 11.3 Å².